The third kappa shape index (κ3) is 6.51. The van der Waals surface area contributed by atoms with Crippen LogP contribution in [0.4, 0.5) is 39.3 Å². The van der Waals surface area contributed by atoms with Gasteiger partial charge in [-0.25, -0.2) is 23.7 Å². The fourth-order valence-electron chi connectivity index (χ4n) is 5.04. The van der Waals surface area contributed by atoms with E-state index in [2.05, 4.69) is 22.1 Å². The first kappa shape index (κ1) is 29.4. The van der Waals surface area contributed by atoms with Crippen molar-refractivity contribution in [2.45, 2.75) is 51.5 Å². The van der Waals surface area contributed by atoms with E-state index in [4.69, 9.17) is 9.97 Å². The number of benzene rings is 2. The summed E-state index contributed by atoms with van der Waals surface area (Å²) < 4.78 is 68.8. The van der Waals surface area contributed by atoms with Crippen molar-refractivity contribution in [1.29, 1.82) is 0 Å². The summed E-state index contributed by atoms with van der Waals surface area (Å²) in [5.41, 5.74) is 2.12. The Morgan fingerprint density at radius 2 is 1.67 bits per heavy atom. The molecule has 1 unspecified atom stereocenters. The average molecular weight is 583 g/mol. The van der Waals surface area contributed by atoms with E-state index < -0.39 is 17.7 Å². The van der Waals surface area contributed by atoms with Gasteiger partial charge in [-0.1, -0.05) is 42.5 Å². The second-order valence-corrected chi connectivity index (χ2v) is 10.6. The number of nitrogens with zero attached hydrogens (tertiary/aromatic N) is 5. The molecule has 2 aromatic carbocycles. The number of rotatable bonds is 8. The third-order valence-corrected chi connectivity index (χ3v) is 7.49. The minimum Gasteiger partial charge on any atom is -0.350 e. The van der Waals surface area contributed by atoms with Crippen molar-refractivity contribution in [2.75, 3.05) is 23.8 Å². The van der Waals surface area contributed by atoms with Crippen LogP contribution in [0.1, 0.15) is 53.7 Å². The molecule has 11 heteroatoms. The zero-order chi connectivity index (χ0) is 30.1. The SMILES string of the molecule is CC(c1ccccc1)N(C)Cc1nc2c(c(Nc3ccc(C(C)(F)F)cc3)n1)CCN(c1ncccc1C(F)(F)F)C2. The summed E-state index contributed by atoms with van der Waals surface area (Å²) >= 11 is 0. The van der Waals surface area contributed by atoms with Gasteiger partial charge in [0.25, 0.3) is 5.92 Å². The van der Waals surface area contributed by atoms with Crippen LogP contribution in [0.5, 0.6) is 0 Å². The van der Waals surface area contributed by atoms with Crippen molar-refractivity contribution in [3.63, 3.8) is 0 Å². The lowest BCUT2D eigenvalue weighted by Crippen LogP contribution is -2.34. The summed E-state index contributed by atoms with van der Waals surface area (Å²) in [6.45, 7) is 3.66. The first-order chi connectivity index (χ1) is 19.9. The van der Waals surface area contributed by atoms with E-state index >= 15 is 0 Å². The normalized spacial score (nSPS) is 14.5. The molecule has 0 aliphatic carbocycles. The van der Waals surface area contributed by atoms with E-state index in [0.29, 0.717) is 36.0 Å². The van der Waals surface area contributed by atoms with E-state index in [0.717, 1.165) is 24.1 Å². The molecule has 4 aromatic rings. The predicted octanol–water partition coefficient (Wildman–Crippen LogP) is 7.50. The standard InChI is InChI=1S/C31H31F5N6/c1-20(21-8-5-4-6-9-21)41(3)19-27-39-26-18-42(29-25(31(34,35)36)10-7-16-37-29)17-15-24(26)28(40-27)38-23-13-11-22(12-14-23)30(2,32)33/h4-14,16,20H,15,17-19H2,1-3H3,(H,38,39,40). The van der Waals surface area contributed by atoms with Gasteiger partial charge in [-0.2, -0.15) is 13.2 Å². The van der Waals surface area contributed by atoms with Crippen LogP contribution < -0.4 is 10.2 Å². The van der Waals surface area contributed by atoms with E-state index in [1.807, 2.05) is 37.4 Å². The van der Waals surface area contributed by atoms with Gasteiger partial charge in [-0.05, 0) is 50.2 Å². The van der Waals surface area contributed by atoms with Crippen LogP contribution in [0.25, 0.3) is 0 Å². The molecule has 1 aliphatic heterocycles. The Hall–Kier alpha value is -4.12. The molecule has 0 spiro atoms. The molecule has 1 atom stereocenters. The highest BCUT2D eigenvalue weighted by Crippen LogP contribution is 2.37. The molecule has 0 fully saturated rings. The van der Waals surface area contributed by atoms with Crippen LogP contribution in [0, 0.1) is 0 Å². The van der Waals surface area contributed by atoms with Gasteiger partial charge >= 0.3 is 6.18 Å². The molecule has 0 amide bonds. The van der Waals surface area contributed by atoms with Crippen LogP contribution in [0.2, 0.25) is 0 Å². The third-order valence-electron chi connectivity index (χ3n) is 7.49. The van der Waals surface area contributed by atoms with Crippen LogP contribution >= 0.6 is 0 Å². The van der Waals surface area contributed by atoms with Crippen molar-refractivity contribution in [3.05, 3.63) is 107 Å². The quantitative estimate of drug-likeness (QED) is 0.217. The Morgan fingerprint density at radius 3 is 2.33 bits per heavy atom. The largest absolute Gasteiger partial charge is 0.419 e. The molecule has 0 radical (unpaired) electrons. The van der Waals surface area contributed by atoms with Gasteiger partial charge in [0.1, 0.15) is 17.5 Å². The summed E-state index contributed by atoms with van der Waals surface area (Å²) in [5, 5.41) is 3.25. The molecule has 0 saturated heterocycles. The van der Waals surface area contributed by atoms with Crippen molar-refractivity contribution in [1.82, 2.24) is 19.9 Å². The van der Waals surface area contributed by atoms with Gasteiger partial charge in [-0.15, -0.1) is 0 Å². The van der Waals surface area contributed by atoms with Gasteiger partial charge in [-0.3, -0.25) is 4.90 Å². The molecular weight excluding hydrogens is 551 g/mol. The molecule has 2 aromatic heterocycles. The van der Waals surface area contributed by atoms with Crippen LogP contribution in [-0.2, 0) is 31.6 Å². The Morgan fingerprint density at radius 1 is 0.952 bits per heavy atom. The number of pyridine rings is 1. The minimum absolute atomic E-state index is 0.0462. The summed E-state index contributed by atoms with van der Waals surface area (Å²) in [7, 11) is 1.95. The van der Waals surface area contributed by atoms with Crippen molar-refractivity contribution in [3.8, 4) is 0 Å². The number of halogens is 5. The summed E-state index contributed by atoms with van der Waals surface area (Å²) in [5.74, 6) is -2.12. The zero-order valence-electron chi connectivity index (χ0n) is 23.5. The number of nitrogens with one attached hydrogen (secondary N) is 1. The highest BCUT2D eigenvalue weighted by Gasteiger charge is 2.37. The molecule has 3 heterocycles. The zero-order valence-corrected chi connectivity index (χ0v) is 23.5. The smallest absolute Gasteiger partial charge is 0.350 e. The lowest BCUT2D eigenvalue weighted by Gasteiger charge is -2.32. The van der Waals surface area contributed by atoms with Gasteiger partial charge in [0.15, 0.2) is 0 Å². The van der Waals surface area contributed by atoms with Gasteiger partial charge in [0.05, 0.1) is 24.3 Å². The van der Waals surface area contributed by atoms with Crippen LogP contribution in [0.3, 0.4) is 0 Å². The van der Waals surface area contributed by atoms with E-state index in [1.54, 1.807) is 17.0 Å². The van der Waals surface area contributed by atoms with Gasteiger partial charge < -0.3 is 10.2 Å². The summed E-state index contributed by atoms with van der Waals surface area (Å²) in [6.07, 6.45) is -2.83. The number of anilines is 3. The molecule has 42 heavy (non-hydrogen) atoms. The lowest BCUT2D eigenvalue weighted by molar-refractivity contribution is -0.137. The molecule has 6 nitrogen and oxygen atoms in total. The summed E-state index contributed by atoms with van der Waals surface area (Å²) in [6, 6.07) is 18.1. The fraction of sp³-hybridized carbons (Fsp3) is 0.323. The second-order valence-electron chi connectivity index (χ2n) is 10.6. The maximum atomic E-state index is 13.8. The molecular formula is C31H31F5N6. The number of alkyl halides is 5. The number of hydrogen-bond donors (Lipinski definition) is 1. The Labute approximate surface area is 241 Å². The predicted molar refractivity (Wildman–Crippen MR) is 152 cm³/mol. The average Bonchev–Trinajstić information content (AvgIpc) is 2.96. The minimum atomic E-state index is -4.55. The number of fused-ring (bicyclic) bond motifs is 1. The molecule has 1 N–H and O–H groups in total. The van der Waals surface area contributed by atoms with Crippen LogP contribution in [0.15, 0.2) is 72.9 Å². The van der Waals surface area contributed by atoms with E-state index in [1.165, 1.54) is 24.4 Å². The van der Waals surface area contributed by atoms with Crippen molar-refractivity contribution >= 4 is 17.3 Å². The van der Waals surface area contributed by atoms with Crippen molar-refractivity contribution in [2.24, 2.45) is 0 Å². The molecule has 0 bridgehead atoms. The van der Waals surface area contributed by atoms with Crippen LogP contribution in [-0.4, -0.2) is 33.4 Å². The summed E-state index contributed by atoms with van der Waals surface area (Å²) in [4.78, 5) is 17.3. The maximum absolute atomic E-state index is 13.8. The van der Waals surface area contributed by atoms with Crippen molar-refractivity contribution < 1.29 is 22.0 Å². The second kappa shape index (κ2) is 11.6. The molecule has 220 valence electrons. The molecule has 1 aliphatic rings. The maximum Gasteiger partial charge on any atom is 0.419 e. The molecule has 5 rings (SSSR count). The Balaban J connectivity index is 1.49. The van der Waals surface area contributed by atoms with E-state index in [-0.39, 0.29) is 30.5 Å². The lowest BCUT2D eigenvalue weighted by atomic mass is 10.0. The topological polar surface area (TPSA) is 57.2 Å². The number of hydrogen-bond acceptors (Lipinski definition) is 6. The van der Waals surface area contributed by atoms with Gasteiger partial charge in [0.2, 0.25) is 0 Å². The van der Waals surface area contributed by atoms with Gasteiger partial charge in [0, 0.05) is 42.5 Å². The molecule has 0 saturated carbocycles. The van der Waals surface area contributed by atoms with E-state index in [9.17, 15) is 22.0 Å². The highest BCUT2D eigenvalue weighted by molar-refractivity contribution is 5.62. The first-order valence-electron chi connectivity index (χ1n) is 13.6. The monoisotopic (exact) mass is 582 g/mol. The Bertz CT molecular complexity index is 1520. The number of aromatic nitrogens is 3. The highest BCUT2D eigenvalue weighted by atomic mass is 19.4. The fourth-order valence-corrected chi connectivity index (χ4v) is 5.04. The Kier molecular flexibility index (Phi) is 8.14. The first-order valence-corrected chi connectivity index (χ1v) is 13.6.